The Kier molecular flexibility index (Phi) is 5.27. The third-order valence-electron chi connectivity index (χ3n) is 7.76. The van der Waals surface area contributed by atoms with Crippen molar-refractivity contribution in [3.63, 3.8) is 0 Å². The van der Waals surface area contributed by atoms with Crippen LogP contribution in [0.25, 0.3) is 11.0 Å². The molecule has 192 valence electrons. The molecule has 7 rings (SSSR count). The predicted octanol–water partition coefficient (Wildman–Crippen LogP) is 4.10. The van der Waals surface area contributed by atoms with E-state index in [-0.39, 0.29) is 36.6 Å². The molecule has 9 nitrogen and oxygen atoms in total. The number of rotatable bonds is 3. The third kappa shape index (κ3) is 3.59. The molecular weight excluding hydrogens is 489 g/mol. The Morgan fingerprint density at radius 1 is 0.921 bits per heavy atom. The number of hydrogen-bond donors (Lipinski definition) is 0. The molecule has 0 unspecified atom stereocenters. The van der Waals surface area contributed by atoms with Crippen LogP contribution in [0.2, 0.25) is 0 Å². The van der Waals surface area contributed by atoms with Crippen molar-refractivity contribution < 1.29 is 23.5 Å². The first-order valence-electron chi connectivity index (χ1n) is 12.7. The van der Waals surface area contributed by atoms with Crippen LogP contribution in [0.15, 0.2) is 66.7 Å². The van der Waals surface area contributed by atoms with Crippen molar-refractivity contribution in [3.05, 3.63) is 83.7 Å². The summed E-state index contributed by atoms with van der Waals surface area (Å²) in [5.41, 5.74) is 3.05. The first kappa shape index (κ1) is 22.7. The number of likely N-dealkylation sites (tertiary alicyclic amines) is 2. The Balaban J connectivity index is 1.12. The second-order valence-corrected chi connectivity index (χ2v) is 9.82. The van der Waals surface area contributed by atoms with Gasteiger partial charge < -0.3 is 19.3 Å². The monoisotopic (exact) mass is 513 g/mol. The average molecular weight is 514 g/mol. The summed E-state index contributed by atoms with van der Waals surface area (Å²) >= 11 is 0. The average Bonchev–Trinajstić information content (AvgIpc) is 3.59. The first-order valence-corrected chi connectivity index (χ1v) is 12.7. The van der Waals surface area contributed by atoms with Crippen molar-refractivity contribution in [3.8, 4) is 11.5 Å². The molecule has 0 spiro atoms. The molecule has 3 aliphatic heterocycles. The van der Waals surface area contributed by atoms with E-state index in [1.165, 1.54) is 16.8 Å². The predicted molar refractivity (Wildman–Crippen MR) is 134 cm³/mol. The Morgan fingerprint density at radius 3 is 2.47 bits per heavy atom. The summed E-state index contributed by atoms with van der Waals surface area (Å²) in [7, 11) is 0. The van der Waals surface area contributed by atoms with Gasteiger partial charge in [-0.25, -0.2) is 9.18 Å². The largest absolute Gasteiger partial charge is 0.454 e. The van der Waals surface area contributed by atoms with Crippen molar-refractivity contribution in [1.82, 2.24) is 24.8 Å². The van der Waals surface area contributed by atoms with Crippen LogP contribution in [0.4, 0.5) is 9.18 Å². The van der Waals surface area contributed by atoms with Crippen LogP contribution in [0, 0.1) is 5.82 Å². The fourth-order valence-electron chi connectivity index (χ4n) is 5.84. The zero-order valence-corrected chi connectivity index (χ0v) is 20.4. The number of fused-ring (bicyclic) bond motifs is 2. The Bertz CT molecular complexity index is 1550. The highest BCUT2D eigenvalue weighted by atomic mass is 19.1. The Labute approximate surface area is 217 Å². The number of aromatic nitrogens is 3. The molecule has 3 aliphatic rings. The zero-order chi connectivity index (χ0) is 25.8. The van der Waals surface area contributed by atoms with Gasteiger partial charge in [-0.15, -0.1) is 5.10 Å². The molecule has 4 aromatic rings. The van der Waals surface area contributed by atoms with Gasteiger partial charge in [0.05, 0.1) is 17.5 Å². The van der Waals surface area contributed by atoms with Gasteiger partial charge in [-0.05, 0) is 60.4 Å². The van der Waals surface area contributed by atoms with Gasteiger partial charge in [-0.2, -0.15) is 4.68 Å². The number of amides is 2. The Hall–Kier alpha value is -4.47. The standard InChI is InChI=1S/C28H24FN5O4/c29-19-8-5-17(6-9-19)26-25(18-7-10-23-24(15-18)38-16-37-23)27(35)33(26)20-11-13-32(14-12-20)28(36)34-22-4-2-1-3-21(22)30-31-34/h1-10,15,20,25-26H,11-14,16H2/t25-,26-/m1/s1. The second kappa shape index (κ2) is 8.83. The van der Waals surface area contributed by atoms with Crippen LogP contribution < -0.4 is 9.47 Å². The van der Waals surface area contributed by atoms with E-state index in [1.807, 2.05) is 47.4 Å². The van der Waals surface area contributed by atoms with Gasteiger partial charge in [0.15, 0.2) is 11.5 Å². The molecule has 10 heteroatoms. The summed E-state index contributed by atoms with van der Waals surface area (Å²) in [6.45, 7) is 1.14. The van der Waals surface area contributed by atoms with Gasteiger partial charge in [0, 0.05) is 19.1 Å². The van der Waals surface area contributed by atoms with Crippen LogP contribution in [-0.2, 0) is 4.79 Å². The maximum Gasteiger partial charge on any atom is 0.346 e. The van der Waals surface area contributed by atoms with E-state index in [2.05, 4.69) is 10.3 Å². The molecule has 4 heterocycles. The molecule has 0 N–H and O–H groups in total. The highest BCUT2D eigenvalue weighted by Gasteiger charge is 2.52. The normalized spacial score (nSPS) is 21.1. The highest BCUT2D eigenvalue weighted by molar-refractivity contribution is 5.92. The number of hydrogen-bond acceptors (Lipinski definition) is 6. The van der Waals surface area contributed by atoms with E-state index in [9.17, 15) is 14.0 Å². The third-order valence-corrected chi connectivity index (χ3v) is 7.76. The fourth-order valence-corrected chi connectivity index (χ4v) is 5.84. The fraction of sp³-hybridized carbons (Fsp3) is 0.286. The van der Waals surface area contributed by atoms with E-state index < -0.39 is 5.92 Å². The molecule has 2 amide bonds. The molecule has 2 atom stereocenters. The Morgan fingerprint density at radius 2 is 1.66 bits per heavy atom. The van der Waals surface area contributed by atoms with Gasteiger partial charge in [-0.3, -0.25) is 4.79 Å². The van der Waals surface area contributed by atoms with Crippen molar-refractivity contribution >= 4 is 23.0 Å². The molecule has 0 aliphatic carbocycles. The lowest BCUT2D eigenvalue weighted by atomic mass is 9.75. The van der Waals surface area contributed by atoms with Gasteiger partial charge in [-0.1, -0.05) is 35.5 Å². The highest BCUT2D eigenvalue weighted by Crippen LogP contribution is 2.50. The summed E-state index contributed by atoms with van der Waals surface area (Å²) in [4.78, 5) is 30.5. The maximum absolute atomic E-state index is 13.7. The zero-order valence-electron chi connectivity index (χ0n) is 20.4. The maximum atomic E-state index is 13.7. The molecule has 3 aromatic carbocycles. The van der Waals surface area contributed by atoms with Crippen LogP contribution >= 0.6 is 0 Å². The van der Waals surface area contributed by atoms with E-state index in [0.717, 1.165) is 11.1 Å². The van der Waals surface area contributed by atoms with Gasteiger partial charge in [0.2, 0.25) is 12.7 Å². The smallest absolute Gasteiger partial charge is 0.346 e. The molecule has 38 heavy (non-hydrogen) atoms. The van der Waals surface area contributed by atoms with Crippen LogP contribution in [0.5, 0.6) is 11.5 Å². The number of ether oxygens (including phenoxy) is 2. The molecule has 2 fully saturated rings. The number of β-lactam (4-membered cyclic amide) rings is 1. The summed E-state index contributed by atoms with van der Waals surface area (Å²) < 4.78 is 26.0. The molecule has 2 saturated heterocycles. The van der Waals surface area contributed by atoms with Crippen LogP contribution in [0.3, 0.4) is 0 Å². The van der Waals surface area contributed by atoms with Crippen molar-refractivity contribution in [2.24, 2.45) is 0 Å². The van der Waals surface area contributed by atoms with Gasteiger partial charge in [0.1, 0.15) is 11.3 Å². The number of piperidine rings is 1. The molecule has 0 radical (unpaired) electrons. The van der Waals surface area contributed by atoms with Crippen LogP contribution in [-0.4, -0.2) is 62.7 Å². The summed E-state index contributed by atoms with van der Waals surface area (Å²) in [6.07, 6.45) is 1.27. The van der Waals surface area contributed by atoms with E-state index in [4.69, 9.17) is 9.47 Å². The lowest BCUT2D eigenvalue weighted by Gasteiger charge is -2.53. The summed E-state index contributed by atoms with van der Waals surface area (Å²) in [6, 6.07) is 18.8. The van der Waals surface area contributed by atoms with Gasteiger partial charge >= 0.3 is 6.03 Å². The lowest BCUT2D eigenvalue weighted by Crippen LogP contribution is -2.60. The quantitative estimate of drug-likeness (QED) is 0.383. The number of benzene rings is 3. The van der Waals surface area contributed by atoms with E-state index in [1.54, 1.807) is 17.0 Å². The minimum atomic E-state index is -0.406. The minimum absolute atomic E-state index is 0.0187. The number of carbonyl (C=O) groups excluding carboxylic acids is 2. The summed E-state index contributed by atoms with van der Waals surface area (Å²) in [5, 5.41) is 8.14. The lowest BCUT2D eigenvalue weighted by molar-refractivity contribution is -0.156. The molecule has 0 saturated carbocycles. The van der Waals surface area contributed by atoms with Crippen LogP contribution in [0.1, 0.15) is 35.9 Å². The molecular formula is C28H24FN5O4. The number of halogens is 1. The molecule has 0 bridgehead atoms. The number of carbonyl (C=O) groups is 2. The summed E-state index contributed by atoms with van der Waals surface area (Å²) in [5.74, 6) is 0.575. The number of nitrogens with zero attached hydrogens (tertiary/aromatic N) is 5. The van der Waals surface area contributed by atoms with Crippen molar-refractivity contribution in [2.45, 2.75) is 30.8 Å². The SMILES string of the molecule is O=C1[C@H](c2ccc3c(c2)OCO3)[C@@H](c2ccc(F)cc2)N1C1CCN(C(=O)n2nnc3ccccc32)CC1. The number of para-hydroxylation sites is 1. The van der Waals surface area contributed by atoms with Crippen molar-refractivity contribution in [2.75, 3.05) is 19.9 Å². The van der Waals surface area contributed by atoms with Gasteiger partial charge in [0.25, 0.3) is 0 Å². The topological polar surface area (TPSA) is 89.8 Å². The second-order valence-electron chi connectivity index (χ2n) is 9.82. The molecule has 1 aromatic heterocycles. The first-order chi connectivity index (χ1) is 18.6. The van der Waals surface area contributed by atoms with Crippen molar-refractivity contribution in [1.29, 1.82) is 0 Å². The van der Waals surface area contributed by atoms with E-state index in [0.29, 0.717) is 48.5 Å². The minimum Gasteiger partial charge on any atom is -0.454 e. The van der Waals surface area contributed by atoms with E-state index >= 15 is 0 Å².